The van der Waals surface area contributed by atoms with Crippen LogP contribution in [0.1, 0.15) is 54.0 Å². The zero-order valence-corrected chi connectivity index (χ0v) is 51.6. The third-order valence-corrected chi connectivity index (χ3v) is 16.6. The molecule has 2 N–H and O–H groups in total. The van der Waals surface area contributed by atoms with Crippen molar-refractivity contribution < 1.29 is 33.2 Å². The monoisotopic (exact) mass is 1270 g/mol. The Hall–Kier alpha value is -10.8. The lowest BCUT2D eigenvalue weighted by Crippen LogP contribution is -2.40. The van der Waals surface area contributed by atoms with Gasteiger partial charge in [0.2, 0.25) is 23.0 Å². The highest BCUT2D eigenvalue weighted by Crippen LogP contribution is 2.36. The molecule has 1 unspecified atom stereocenters. The molecule has 11 aromatic rings. The third-order valence-electron chi connectivity index (χ3n) is 15.0. The fourth-order valence-corrected chi connectivity index (χ4v) is 11.5. The zero-order chi connectivity index (χ0) is 61.9. The second-order valence-corrected chi connectivity index (χ2v) is 22.5. The molecule has 0 bridgehead atoms. The van der Waals surface area contributed by atoms with E-state index < -0.39 is 0 Å². The summed E-state index contributed by atoms with van der Waals surface area (Å²) in [7, 11) is 3.90. The van der Waals surface area contributed by atoms with Crippen LogP contribution < -0.4 is 48.9 Å². The maximum atomic E-state index is 13.0. The number of fused-ring (bicyclic) bond motifs is 3. The minimum atomic E-state index is -0.0881. The van der Waals surface area contributed by atoms with Crippen LogP contribution in [-0.4, -0.2) is 149 Å². The largest absolute Gasteiger partial charge is 0.486 e. The van der Waals surface area contributed by atoms with E-state index in [1.54, 1.807) is 39.1 Å². The van der Waals surface area contributed by atoms with E-state index in [-0.39, 0.29) is 12.1 Å². The molecule has 0 spiro atoms. The van der Waals surface area contributed by atoms with Crippen molar-refractivity contribution in [3.8, 4) is 52.2 Å². The molecular weight excluding hydrogens is 1200 g/mol. The van der Waals surface area contributed by atoms with Crippen LogP contribution in [0.4, 0.5) is 32.3 Å². The average Bonchev–Trinajstić information content (AvgIpc) is 2.68. The first-order chi connectivity index (χ1) is 44.7. The summed E-state index contributed by atoms with van der Waals surface area (Å²) < 4.78 is 49.0. The van der Waals surface area contributed by atoms with E-state index in [1.165, 1.54) is 41.3 Å². The Morgan fingerprint density at radius 3 is 2.08 bits per heavy atom. The number of amides is 2. The van der Waals surface area contributed by atoms with Crippen LogP contribution >= 0.6 is 23.1 Å². The first-order valence-electron chi connectivity index (χ1n) is 29.5. The molecule has 0 radical (unpaired) electrons. The summed E-state index contributed by atoms with van der Waals surface area (Å²) in [4.78, 5) is 53.6. The third kappa shape index (κ3) is 14.2. The molecule has 0 aliphatic carbocycles. The maximum Gasteiger partial charge on any atom is 0.317 e. The van der Waals surface area contributed by atoms with Gasteiger partial charge < -0.3 is 58.3 Å². The first kappa shape index (κ1) is 59.2. The molecule has 1 saturated heterocycles. The number of nitrogens with one attached hydrogen (secondary N) is 2. The molecule has 11 heterocycles. The normalized spacial score (nSPS) is 14.2. The number of rotatable bonds is 18. The molecule has 91 heavy (non-hydrogen) atoms. The highest BCUT2D eigenvalue weighted by Gasteiger charge is 2.32. The van der Waals surface area contributed by atoms with E-state index in [0.29, 0.717) is 83.4 Å². The minimum absolute atomic E-state index is 0.0750. The van der Waals surface area contributed by atoms with Crippen LogP contribution in [0.15, 0.2) is 141 Å². The van der Waals surface area contributed by atoms with Gasteiger partial charge in [-0.2, -0.15) is 29.2 Å². The number of carbonyl (C=O) groups is 1. The van der Waals surface area contributed by atoms with Crippen molar-refractivity contribution in [2.45, 2.75) is 58.2 Å². The average molecular weight is 1270 g/mol. The SMILES string of the molecule is CCc1nc(C2CCCN2C(=O)NCCc2ccc3c(c2)OCCO3)cc(-n2cncn2)n1.CN(c1cccc(NCc2ccc3c(c2)OCCO3)c1)c1nc(-n2cncn2)ns1.CN(c1cn(CCc2ccc3c(c2)OCO3)cn1)c1nc(-n2ccnc2)ns1. The number of hydrogen-bond donors (Lipinski definition) is 2. The molecule has 28 nitrogen and oxygen atoms in total. The van der Waals surface area contributed by atoms with E-state index in [2.05, 4.69) is 81.2 Å². The van der Waals surface area contributed by atoms with Gasteiger partial charge in [0, 0.05) is 106 Å². The molecule has 4 aliphatic rings. The fraction of sp³-hybridized carbons (Fsp3) is 0.295. The highest BCUT2D eigenvalue weighted by atomic mass is 32.1. The van der Waals surface area contributed by atoms with E-state index in [0.717, 1.165) is 110 Å². The van der Waals surface area contributed by atoms with Gasteiger partial charge in [-0.3, -0.25) is 4.57 Å². The molecule has 2 amide bonds. The summed E-state index contributed by atoms with van der Waals surface area (Å²) in [5.74, 6) is 8.08. The molecule has 1 fully saturated rings. The summed E-state index contributed by atoms with van der Waals surface area (Å²) in [6.07, 6.45) is 19.2. The van der Waals surface area contributed by atoms with E-state index in [4.69, 9.17) is 33.4 Å². The molecule has 1 atom stereocenters. The summed E-state index contributed by atoms with van der Waals surface area (Å²) >= 11 is 2.63. The number of aromatic nitrogens is 16. The number of hydrogen-bond acceptors (Lipinski definition) is 24. The minimum Gasteiger partial charge on any atom is -0.486 e. The van der Waals surface area contributed by atoms with Crippen LogP contribution in [-0.2, 0) is 32.4 Å². The Labute approximate surface area is 530 Å². The van der Waals surface area contributed by atoms with Gasteiger partial charge in [0.25, 0.3) is 5.95 Å². The summed E-state index contributed by atoms with van der Waals surface area (Å²) in [5.41, 5.74) is 6.27. The Kier molecular flexibility index (Phi) is 18.1. The van der Waals surface area contributed by atoms with Gasteiger partial charge in [-0.15, -0.1) is 4.37 Å². The molecule has 30 heteroatoms. The second kappa shape index (κ2) is 27.7. The topological polar surface area (TPSA) is 281 Å². The van der Waals surface area contributed by atoms with Gasteiger partial charge in [-0.25, -0.2) is 39.4 Å². The predicted molar refractivity (Wildman–Crippen MR) is 337 cm³/mol. The Balaban J connectivity index is 0.000000125. The second-order valence-electron chi connectivity index (χ2n) is 21.0. The predicted octanol–water partition coefficient (Wildman–Crippen LogP) is 8.41. The number of nitrogens with zero attached hydrogens (tertiary/aromatic N) is 19. The molecule has 4 aromatic carbocycles. The van der Waals surface area contributed by atoms with Crippen molar-refractivity contribution >= 4 is 56.6 Å². The fourth-order valence-electron chi connectivity index (χ4n) is 10.3. The van der Waals surface area contributed by atoms with Crippen LogP contribution in [0.25, 0.3) is 17.7 Å². The number of imidazole rings is 2. The zero-order valence-electron chi connectivity index (χ0n) is 49.9. The number of likely N-dealkylation sites (tertiary alicyclic amines) is 1. The van der Waals surface area contributed by atoms with E-state index >= 15 is 0 Å². The van der Waals surface area contributed by atoms with Crippen LogP contribution in [0, 0.1) is 0 Å². The van der Waals surface area contributed by atoms with Gasteiger partial charge in [-0.05, 0) is 97.0 Å². The molecule has 0 saturated carbocycles. The number of benzene rings is 4. The Bertz CT molecular complexity index is 4200. The molecular formula is C61H63N21O7S2. The van der Waals surface area contributed by atoms with Crippen molar-refractivity contribution in [2.24, 2.45) is 0 Å². The lowest BCUT2D eigenvalue weighted by atomic mass is 10.1. The van der Waals surface area contributed by atoms with Crippen molar-refractivity contribution in [3.63, 3.8) is 0 Å². The highest BCUT2D eigenvalue weighted by molar-refractivity contribution is 7.10. The van der Waals surface area contributed by atoms with Crippen molar-refractivity contribution in [1.29, 1.82) is 0 Å². The molecule has 7 aromatic heterocycles. The van der Waals surface area contributed by atoms with Crippen molar-refractivity contribution in [2.75, 3.05) is 75.5 Å². The number of urea groups is 1. The maximum absolute atomic E-state index is 13.0. The van der Waals surface area contributed by atoms with Gasteiger partial charge in [0.05, 0.1) is 18.1 Å². The van der Waals surface area contributed by atoms with Gasteiger partial charge in [0.1, 0.15) is 63.9 Å². The van der Waals surface area contributed by atoms with Crippen molar-refractivity contribution in [3.05, 3.63) is 170 Å². The Morgan fingerprint density at radius 1 is 0.670 bits per heavy atom. The number of ether oxygens (including phenoxy) is 6. The van der Waals surface area contributed by atoms with Gasteiger partial charge in [0.15, 0.2) is 46.1 Å². The van der Waals surface area contributed by atoms with Crippen LogP contribution in [0.5, 0.6) is 34.5 Å². The summed E-state index contributed by atoms with van der Waals surface area (Å²) in [5, 5.41) is 16.3. The van der Waals surface area contributed by atoms with E-state index in [9.17, 15) is 4.79 Å². The summed E-state index contributed by atoms with van der Waals surface area (Å²) in [6.45, 7) is 7.36. The van der Waals surface area contributed by atoms with E-state index in [1.807, 2.05) is 127 Å². The Morgan fingerprint density at radius 2 is 1.34 bits per heavy atom. The smallest absolute Gasteiger partial charge is 0.317 e. The number of carbonyl (C=O) groups excluding carboxylic acids is 1. The standard InChI is InChI=1S/C23H27N7O3.C20H19N7O2S.C18H17N7O2S/c1-2-21-27-17(13-22(28-21)30-15-24-14-26-30)18-4-3-9-29(18)23(31)25-8-7-16-5-6-19-20(12-16)33-11-10-32-19;1-26(20-24-19(25-30-20)27-13-21-12-23-27)16-4-2-3-15(10-16)22-11-14-5-6-17-18(9-14)29-8-7-28-17;1-23(18-21-17(22-28-18)25-7-5-19-10-25)16-9-24(11-20-16)6-4-13-2-3-14-15(8-13)27-12-26-14/h5-6,12-15,18H,2-4,7-11H2,1H3,(H,25,31);2-6,9-10,12-13,22H,7-8,11H2,1H3;2-3,5,7-11H,4,6,12H2,1H3. The van der Waals surface area contributed by atoms with Gasteiger partial charge >= 0.3 is 6.03 Å². The lowest BCUT2D eigenvalue weighted by molar-refractivity contribution is 0.171. The number of anilines is 5. The molecule has 4 aliphatic heterocycles. The van der Waals surface area contributed by atoms with Crippen LogP contribution in [0.3, 0.4) is 0 Å². The first-order valence-corrected chi connectivity index (χ1v) is 31.0. The quantitative estimate of drug-likeness (QED) is 0.0815. The molecule has 15 rings (SSSR count). The van der Waals surface area contributed by atoms with Crippen molar-refractivity contribution in [1.82, 2.24) is 87.5 Å². The van der Waals surface area contributed by atoms with Crippen LogP contribution in [0.2, 0.25) is 0 Å². The van der Waals surface area contributed by atoms with Gasteiger partial charge in [-0.1, -0.05) is 31.2 Å². The molecule has 466 valence electrons. The lowest BCUT2D eigenvalue weighted by Gasteiger charge is -2.25. The number of aryl methyl sites for hydroxylation is 3. The summed E-state index contributed by atoms with van der Waals surface area (Å²) in [6, 6.07) is 27.9.